The van der Waals surface area contributed by atoms with E-state index in [2.05, 4.69) is 0 Å². The normalized spacial score (nSPS) is 12.2. The first-order valence-corrected chi connectivity index (χ1v) is 10.1. The van der Waals surface area contributed by atoms with E-state index in [1.165, 1.54) is 0 Å². The fourth-order valence-corrected chi connectivity index (χ4v) is 3.56. The van der Waals surface area contributed by atoms with Gasteiger partial charge in [0.25, 0.3) is 0 Å². The van der Waals surface area contributed by atoms with E-state index >= 15 is 0 Å². The Hall–Kier alpha value is -2.71. The lowest BCUT2D eigenvalue weighted by molar-refractivity contribution is -0.312. The van der Waals surface area contributed by atoms with Crippen LogP contribution in [0.25, 0.3) is 21.5 Å². The first-order chi connectivity index (χ1) is 15.2. The van der Waals surface area contributed by atoms with Gasteiger partial charge in [-0.25, -0.2) is 4.89 Å². The van der Waals surface area contributed by atoms with Crippen molar-refractivity contribution in [3.05, 3.63) is 84.9 Å². The van der Waals surface area contributed by atoms with Gasteiger partial charge in [-0.2, -0.15) is 0 Å². The Labute approximate surface area is 180 Å². The highest BCUT2D eigenvalue weighted by Crippen LogP contribution is 2.14. The predicted molar refractivity (Wildman–Crippen MR) is 122 cm³/mol. The Morgan fingerprint density at radius 2 is 1.19 bits per heavy atom. The van der Waals surface area contributed by atoms with Gasteiger partial charge < -0.3 is 19.8 Å². The SMILES string of the molecule is OCCC(OOB(O)c1cccc2ccccc12)OB(O)c1cccc2ccccc12. The summed E-state index contributed by atoms with van der Waals surface area (Å²) in [5, 5.41) is 34.1. The second kappa shape index (κ2) is 10.1. The van der Waals surface area contributed by atoms with Crippen LogP contribution in [0.2, 0.25) is 0 Å². The van der Waals surface area contributed by atoms with Crippen LogP contribution in [-0.2, 0) is 14.3 Å². The van der Waals surface area contributed by atoms with Gasteiger partial charge in [-0.3, -0.25) is 4.81 Å². The van der Waals surface area contributed by atoms with Crippen LogP contribution in [0.1, 0.15) is 6.42 Å². The van der Waals surface area contributed by atoms with Crippen molar-refractivity contribution in [2.45, 2.75) is 12.7 Å². The largest absolute Gasteiger partial charge is 0.523 e. The lowest BCUT2D eigenvalue weighted by atomic mass is 9.76. The van der Waals surface area contributed by atoms with E-state index in [0.717, 1.165) is 21.5 Å². The molecule has 4 aromatic rings. The minimum absolute atomic E-state index is 0.0457. The molecule has 4 rings (SSSR count). The van der Waals surface area contributed by atoms with Gasteiger partial charge in [-0.15, -0.1) is 0 Å². The highest BCUT2D eigenvalue weighted by Gasteiger charge is 2.27. The molecule has 0 aliphatic rings. The van der Waals surface area contributed by atoms with Gasteiger partial charge in [0.15, 0.2) is 6.29 Å². The Morgan fingerprint density at radius 3 is 1.77 bits per heavy atom. The summed E-state index contributed by atoms with van der Waals surface area (Å²) in [5.74, 6) is 0. The third-order valence-electron chi connectivity index (χ3n) is 5.08. The summed E-state index contributed by atoms with van der Waals surface area (Å²) in [6.07, 6.45) is -1.05. The molecule has 8 heteroatoms. The standard InChI is InChI=1S/C23H22B2O6/c26-16-15-23(29-24(27)21-13-5-9-17-7-1-3-11-19(17)21)30-31-25(28)22-14-6-10-18-8-2-4-12-20(18)22/h1-14,23,26-28H,15-16H2. The van der Waals surface area contributed by atoms with E-state index in [-0.39, 0.29) is 13.0 Å². The van der Waals surface area contributed by atoms with Crippen molar-refractivity contribution >= 4 is 46.7 Å². The van der Waals surface area contributed by atoms with Gasteiger partial charge in [0.1, 0.15) is 0 Å². The average molecular weight is 416 g/mol. The third-order valence-corrected chi connectivity index (χ3v) is 5.08. The smallest absolute Gasteiger partial charge is 0.423 e. The number of rotatable bonds is 9. The van der Waals surface area contributed by atoms with Gasteiger partial charge in [-0.05, 0) is 32.5 Å². The summed E-state index contributed by atoms with van der Waals surface area (Å²) < 4.78 is 5.60. The van der Waals surface area contributed by atoms with Crippen LogP contribution in [0.4, 0.5) is 0 Å². The molecule has 1 atom stereocenters. The van der Waals surface area contributed by atoms with Gasteiger partial charge in [-0.1, -0.05) is 84.9 Å². The molecular formula is C23H22B2O6. The molecule has 6 nitrogen and oxygen atoms in total. The van der Waals surface area contributed by atoms with Crippen molar-refractivity contribution in [3.63, 3.8) is 0 Å². The number of benzene rings is 4. The molecule has 0 aliphatic carbocycles. The molecule has 0 heterocycles. The van der Waals surface area contributed by atoms with Gasteiger partial charge in [0.05, 0.1) is 0 Å². The number of aliphatic hydroxyl groups is 1. The molecule has 31 heavy (non-hydrogen) atoms. The number of aliphatic hydroxyl groups excluding tert-OH is 1. The molecule has 0 aromatic heterocycles. The summed E-state index contributed by atoms with van der Waals surface area (Å²) in [6.45, 7) is -0.249. The average Bonchev–Trinajstić information content (AvgIpc) is 2.81. The maximum absolute atomic E-state index is 10.6. The van der Waals surface area contributed by atoms with Crippen LogP contribution in [0, 0.1) is 0 Å². The molecular weight excluding hydrogens is 394 g/mol. The van der Waals surface area contributed by atoms with Gasteiger partial charge in [0.2, 0.25) is 0 Å². The minimum atomic E-state index is -1.37. The topological polar surface area (TPSA) is 88.4 Å². The fraction of sp³-hybridized carbons (Fsp3) is 0.130. The summed E-state index contributed by atoms with van der Waals surface area (Å²) in [5.41, 5.74) is 1.11. The van der Waals surface area contributed by atoms with Crippen molar-refractivity contribution in [1.29, 1.82) is 0 Å². The zero-order valence-electron chi connectivity index (χ0n) is 16.8. The second-order valence-electron chi connectivity index (χ2n) is 7.11. The van der Waals surface area contributed by atoms with Crippen molar-refractivity contribution in [3.8, 4) is 0 Å². The van der Waals surface area contributed by atoms with Crippen molar-refractivity contribution < 1.29 is 29.5 Å². The van der Waals surface area contributed by atoms with Crippen LogP contribution < -0.4 is 10.9 Å². The van der Waals surface area contributed by atoms with Crippen molar-refractivity contribution in [1.82, 2.24) is 0 Å². The van der Waals surface area contributed by atoms with E-state index in [1.807, 2.05) is 72.8 Å². The summed E-state index contributed by atoms with van der Waals surface area (Å²) in [6, 6.07) is 26.2. The molecule has 3 N–H and O–H groups in total. The van der Waals surface area contributed by atoms with Crippen LogP contribution in [0.15, 0.2) is 84.9 Å². The Kier molecular flexibility index (Phi) is 6.99. The Balaban J connectivity index is 1.46. The molecule has 0 saturated carbocycles. The predicted octanol–water partition coefficient (Wildman–Crippen LogP) is 1.74. The van der Waals surface area contributed by atoms with E-state index in [1.54, 1.807) is 12.1 Å². The third kappa shape index (κ3) is 4.97. The van der Waals surface area contributed by atoms with Crippen LogP contribution in [-0.4, -0.2) is 42.3 Å². The fourth-order valence-electron chi connectivity index (χ4n) is 3.56. The minimum Gasteiger partial charge on any atom is -0.423 e. The molecule has 0 saturated heterocycles. The van der Waals surface area contributed by atoms with E-state index in [9.17, 15) is 15.2 Å². The second-order valence-corrected chi connectivity index (χ2v) is 7.11. The molecule has 0 spiro atoms. The van der Waals surface area contributed by atoms with Gasteiger partial charge in [0, 0.05) is 13.0 Å². The quantitative estimate of drug-likeness (QED) is 0.167. The number of hydrogen-bond acceptors (Lipinski definition) is 6. The molecule has 156 valence electrons. The van der Waals surface area contributed by atoms with Crippen LogP contribution in [0.3, 0.4) is 0 Å². The van der Waals surface area contributed by atoms with Crippen LogP contribution >= 0.6 is 0 Å². The molecule has 4 aromatic carbocycles. The molecule has 1 unspecified atom stereocenters. The highest BCUT2D eigenvalue weighted by molar-refractivity contribution is 6.63. The van der Waals surface area contributed by atoms with Gasteiger partial charge >= 0.3 is 14.2 Å². The van der Waals surface area contributed by atoms with Crippen LogP contribution in [0.5, 0.6) is 0 Å². The van der Waals surface area contributed by atoms with E-state index in [4.69, 9.17) is 14.3 Å². The first-order valence-electron chi connectivity index (χ1n) is 10.1. The first kappa shape index (κ1) is 21.5. The maximum atomic E-state index is 10.6. The monoisotopic (exact) mass is 416 g/mol. The molecule has 0 bridgehead atoms. The van der Waals surface area contributed by atoms with Crippen molar-refractivity contribution in [2.75, 3.05) is 6.61 Å². The summed E-state index contributed by atoms with van der Waals surface area (Å²) in [7, 11) is -2.67. The number of hydrogen-bond donors (Lipinski definition) is 3. The van der Waals surface area contributed by atoms with Crippen molar-refractivity contribution in [2.24, 2.45) is 0 Å². The Morgan fingerprint density at radius 1 is 0.677 bits per heavy atom. The summed E-state index contributed by atoms with van der Waals surface area (Å²) >= 11 is 0. The molecule has 0 fully saturated rings. The zero-order valence-corrected chi connectivity index (χ0v) is 16.8. The maximum Gasteiger partial charge on any atom is 0.523 e. The van der Waals surface area contributed by atoms with E-state index < -0.39 is 20.5 Å². The Bertz CT molecular complexity index is 1140. The zero-order chi connectivity index (χ0) is 21.6. The molecule has 0 aliphatic heterocycles. The lowest BCUT2D eigenvalue weighted by Crippen LogP contribution is -2.41. The summed E-state index contributed by atoms with van der Waals surface area (Å²) in [4.78, 5) is 10.4. The highest BCUT2D eigenvalue weighted by atomic mass is 17.2. The number of fused-ring (bicyclic) bond motifs is 2. The molecule has 0 radical (unpaired) electrons. The molecule has 0 amide bonds. The van der Waals surface area contributed by atoms with E-state index in [0.29, 0.717) is 10.9 Å². The lowest BCUT2D eigenvalue weighted by Gasteiger charge is -2.20.